The van der Waals surface area contributed by atoms with Gasteiger partial charge in [0.2, 0.25) is 0 Å². The summed E-state index contributed by atoms with van der Waals surface area (Å²) in [6, 6.07) is 10.3. The first kappa shape index (κ1) is 20.2. The average molecular weight is 450 g/mol. The van der Waals surface area contributed by atoms with Crippen LogP contribution >= 0.6 is 0 Å². The number of hydrogen-bond donors (Lipinski definition) is 0. The van der Waals surface area contributed by atoms with Crippen molar-refractivity contribution in [3.8, 4) is 33.8 Å². The summed E-state index contributed by atoms with van der Waals surface area (Å²) in [5, 5.41) is 14.9. The minimum Gasteiger partial charge on any atom is -0.275 e. The third kappa shape index (κ3) is 3.24. The lowest BCUT2D eigenvalue weighted by Gasteiger charge is -2.10. The predicted molar refractivity (Wildman–Crippen MR) is 130 cm³/mol. The van der Waals surface area contributed by atoms with Crippen LogP contribution in [0, 0.1) is 6.92 Å². The molecule has 0 bridgehead atoms. The van der Waals surface area contributed by atoms with Crippen molar-refractivity contribution in [3.05, 3.63) is 67.0 Å². The largest absolute Gasteiger partial charge is 0.275 e. The van der Waals surface area contributed by atoms with Crippen molar-refractivity contribution in [2.75, 3.05) is 0 Å². The Morgan fingerprint density at radius 3 is 2.62 bits per heavy atom. The highest BCUT2D eigenvalue weighted by molar-refractivity contribution is 5.89. The molecule has 6 aromatic heterocycles. The van der Waals surface area contributed by atoms with Gasteiger partial charge in [-0.1, -0.05) is 0 Å². The minimum atomic E-state index is 0.295. The van der Waals surface area contributed by atoms with Gasteiger partial charge in [-0.25, -0.2) is 19.5 Å². The van der Waals surface area contributed by atoms with E-state index in [0.29, 0.717) is 11.7 Å². The lowest BCUT2D eigenvalue weighted by molar-refractivity contribution is 0.532. The molecule has 0 atom stereocenters. The van der Waals surface area contributed by atoms with Crippen molar-refractivity contribution < 1.29 is 0 Å². The molecule has 0 aliphatic heterocycles. The Kier molecular flexibility index (Phi) is 4.51. The number of aromatic nitrogens is 9. The van der Waals surface area contributed by atoms with E-state index in [1.165, 1.54) is 0 Å². The number of imidazole rings is 1. The molecular weight excluding hydrogens is 426 g/mol. The highest BCUT2D eigenvalue weighted by Gasteiger charge is 2.19. The average Bonchev–Trinajstić information content (AvgIpc) is 3.57. The van der Waals surface area contributed by atoms with E-state index in [1.54, 1.807) is 10.9 Å². The van der Waals surface area contributed by atoms with Crippen LogP contribution in [-0.4, -0.2) is 44.1 Å². The highest BCUT2D eigenvalue weighted by Crippen LogP contribution is 2.33. The van der Waals surface area contributed by atoms with Crippen LogP contribution < -0.4 is 0 Å². The Bertz CT molecular complexity index is 1670. The van der Waals surface area contributed by atoms with E-state index >= 15 is 0 Å². The number of pyridine rings is 2. The van der Waals surface area contributed by atoms with Gasteiger partial charge in [-0.2, -0.15) is 15.3 Å². The van der Waals surface area contributed by atoms with Gasteiger partial charge in [-0.3, -0.25) is 9.36 Å². The van der Waals surface area contributed by atoms with Crippen molar-refractivity contribution in [1.29, 1.82) is 0 Å². The first-order valence-electron chi connectivity index (χ1n) is 11.1. The summed E-state index contributed by atoms with van der Waals surface area (Å²) < 4.78 is 5.59. The summed E-state index contributed by atoms with van der Waals surface area (Å²) in [6.45, 7) is 6.23. The van der Waals surface area contributed by atoms with E-state index in [2.05, 4.69) is 52.3 Å². The van der Waals surface area contributed by atoms with Gasteiger partial charge < -0.3 is 0 Å². The van der Waals surface area contributed by atoms with Crippen LogP contribution in [-0.2, 0) is 7.05 Å². The third-order valence-electron chi connectivity index (χ3n) is 5.94. The van der Waals surface area contributed by atoms with Crippen LogP contribution in [0.2, 0.25) is 0 Å². The number of aryl methyl sites for hydroxylation is 2. The lowest BCUT2D eigenvalue weighted by atomic mass is 10.1. The second kappa shape index (κ2) is 7.58. The van der Waals surface area contributed by atoms with Gasteiger partial charge in [0.1, 0.15) is 11.4 Å². The monoisotopic (exact) mass is 449 g/mol. The molecule has 0 N–H and O–H groups in total. The molecule has 0 saturated heterocycles. The van der Waals surface area contributed by atoms with Crippen molar-refractivity contribution in [2.24, 2.45) is 7.05 Å². The van der Waals surface area contributed by atoms with Gasteiger partial charge in [-0.05, 0) is 51.1 Å². The van der Waals surface area contributed by atoms with E-state index in [-0.39, 0.29) is 0 Å². The zero-order valence-electron chi connectivity index (χ0n) is 19.4. The maximum absolute atomic E-state index is 4.91. The molecule has 6 heterocycles. The van der Waals surface area contributed by atoms with Crippen LogP contribution in [0.25, 0.3) is 50.5 Å². The number of nitrogens with zero attached hydrogens (tertiary/aromatic N) is 9. The standard InChI is InChI=1S/C25H23N9/c1-15(2)33-14-18(12-28-33)19-11-23-27-13-22(34(23)30-16(19)3)20-10-17-6-5-8-26-25(17)29-24(20)21-7-9-32(4)31-21/h5-15H,1-4H3. The molecule has 0 aliphatic rings. The van der Waals surface area contributed by atoms with Crippen molar-refractivity contribution >= 4 is 16.7 Å². The molecule has 6 rings (SSSR count). The quantitative estimate of drug-likeness (QED) is 0.394. The second-order valence-corrected chi connectivity index (χ2v) is 8.67. The van der Waals surface area contributed by atoms with Crippen LogP contribution in [0.15, 0.2) is 61.3 Å². The number of hydrogen-bond acceptors (Lipinski definition) is 6. The van der Waals surface area contributed by atoms with Gasteiger partial charge in [0.25, 0.3) is 0 Å². The molecule has 0 spiro atoms. The van der Waals surface area contributed by atoms with Gasteiger partial charge in [0, 0.05) is 53.8 Å². The molecule has 6 aromatic rings. The molecule has 168 valence electrons. The van der Waals surface area contributed by atoms with Crippen LogP contribution in [0.5, 0.6) is 0 Å². The SMILES string of the molecule is Cc1nn2c(-c3cc4cccnc4nc3-c3ccn(C)n3)cnc2cc1-c1cnn(C(C)C)c1. The molecule has 0 saturated carbocycles. The fourth-order valence-electron chi connectivity index (χ4n) is 4.17. The zero-order chi connectivity index (χ0) is 23.4. The number of fused-ring (bicyclic) bond motifs is 2. The van der Waals surface area contributed by atoms with Gasteiger partial charge in [0.15, 0.2) is 11.3 Å². The topological polar surface area (TPSA) is 91.6 Å². The van der Waals surface area contributed by atoms with Gasteiger partial charge in [0.05, 0.1) is 23.8 Å². The molecular formula is C25H23N9. The van der Waals surface area contributed by atoms with Crippen molar-refractivity contribution in [3.63, 3.8) is 0 Å². The first-order chi connectivity index (χ1) is 16.5. The molecule has 9 heteroatoms. The predicted octanol–water partition coefficient (Wildman–Crippen LogP) is 4.49. The van der Waals surface area contributed by atoms with Crippen molar-refractivity contribution in [2.45, 2.75) is 26.8 Å². The van der Waals surface area contributed by atoms with Gasteiger partial charge >= 0.3 is 0 Å². The number of rotatable bonds is 4. The molecule has 9 nitrogen and oxygen atoms in total. The van der Waals surface area contributed by atoms with Crippen LogP contribution in [0.1, 0.15) is 25.6 Å². The van der Waals surface area contributed by atoms with Crippen LogP contribution in [0.4, 0.5) is 0 Å². The summed E-state index contributed by atoms with van der Waals surface area (Å²) >= 11 is 0. The maximum atomic E-state index is 4.91. The molecule has 0 fully saturated rings. The molecule has 0 radical (unpaired) electrons. The Labute approximate surface area is 195 Å². The van der Waals surface area contributed by atoms with Gasteiger partial charge in [-0.15, -0.1) is 0 Å². The summed E-state index contributed by atoms with van der Waals surface area (Å²) in [4.78, 5) is 14.0. The summed E-state index contributed by atoms with van der Waals surface area (Å²) in [6.07, 6.45) is 9.43. The highest BCUT2D eigenvalue weighted by atomic mass is 15.3. The Hall–Kier alpha value is -4.40. The summed E-state index contributed by atoms with van der Waals surface area (Å²) in [5.41, 5.74) is 7.64. The Balaban J connectivity index is 1.55. The summed E-state index contributed by atoms with van der Waals surface area (Å²) in [7, 11) is 1.89. The van der Waals surface area contributed by atoms with E-state index in [9.17, 15) is 0 Å². The third-order valence-corrected chi connectivity index (χ3v) is 5.94. The Morgan fingerprint density at radius 1 is 0.971 bits per heavy atom. The Morgan fingerprint density at radius 2 is 1.85 bits per heavy atom. The van der Waals surface area contributed by atoms with E-state index in [1.807, 2.05) is 60.0 Å². The summed E-state index contributed by atoms with van der Waals surface area (Å²) in [5.74, 6) is 0. The molecule has 0 amide bonds. The fourth-order valence-corrected chi connectivity index (χ4v) is 4.17. The van der Waals surface area contributed by atoms with E-state index < -0.39 is 0 Å². The molecule has 34 heavy (non-hydrogen) atoms. The molecule has 0 aliphatic carbocycles. The van der Waals surface area contributed by atoms with Crippen LogP contribution in [0.3, 0.4) is 0 Å². The first-order valence-corrected chi connectivity index (χ1v) is 11.1. The zero-order valence-corrected chi connectivity index (χ0v) is 19.4. The minimum absolute atomic E-state index is 0.295. The van der Waals surface area contributed by atoms with Crippen molar-refractivity contribution in [1.82, 2.24) is 44.1 Å². The maximum Gasteiger partial charge on any atom is 0.159 e. The lowest BCUT2D eigenvalue weighted by Crippen LogP contribution is -2.01. The fraction of sp³-hybridized carbons (Fsp3) is 0.200. The van der Waals surface area contributed by atoms with E-state index in [4.69, 9.17) is 10.1 Å². The normalized spacial score (nSPS) is 11.8. The molecule has 0 unspecified atom stereocenters. The van der Waals surface area contributed by atoms with E-state index in [0.717, 1.165) is 50.5 Å². The molecule has 0 aromatic carbocycles. The smallest absolute Gasteiger partial charge is 0.159 e. The second-order valence-electron chi connectivity index (χ2n) is 8.67.